The summed E-state index contributed by atoms with van der Waals surface area (Å²) in [7, 11) is -0.885. The highest BCUT2D eigenvalue weighted by molar-refractivity contribution is 7.86. The number of carbonyl (C=O) groups excluding carboxylic acids is 1. The van der Waals surface area contributed by atoms with Gasteiger partial charge in [-0.25, -0.2) is 4.79 Å². The van der Waals surface area contributed by atoms with Crippen LogP contribution in [0.1, 0.15) is 32.3 Å². The van der Waals surface area contributed by atoms with E-state index in [0.717, 1.165) is 0 Å². The summed E-state index contributed by atoms with van der Waals surface area (Å²) < 4.78 is 35.2. The molecular formula is C20H32N2O7S. The van der Waals surface area contributed by atoms with Gasteiger partial charge in [-0.15, -0.1) is 0 Å². The molecule has 0 saturated carbocycles. The van der Waals surface area contributed by atoms with Crippen LogP contribution < -0.4 is 5.73 Å². The Balaban J connectivity index is 3.23. The fourth-order valence-corrected chi connectivity index (χ4v) is 3.85. The molecule has 1 aromatic carbocycles. The molecule has 30 heavy (non-hydrogen) atoms. The normalized spacial score (nSPS) is 14.2. The molecule has 1 amide bonds. The van der Waals surface area contributed by atoms with Gasteiger partial charge in [0.25, 0.3) is 10.1 Å². The van der Waals surface area contributed by atoms with Gasteiger partial charge >= 0.3 is 5.97 Å². The van der Waals surface area contributed by atoms with Crippen LogP contribution >= 0.6 is 0 Å². The third-order valence-electron chi connectivity index (χ3n) is 4.86. The Bertz CT molecular complexity index is 810. The molecule has 9 nitrogen and oxygen atoms in total. The van der Waals surface area contributed by atoms with E-state index in [1.165, 1.54) is 32.8 Å². The minimum Gasteiger partial charge on any atom is -0.479 e. The number of aliphatic carboxylic acids is 1. The molecule has 0 bridgehead atoms. The summed E-state index contributed by atoms with van der Waals surface area (Å²) in [6.07, 6.45) is -0.266. The minimum absolute atomic E-state index is 0.0722. The third kappa shape index (κ3) is 7.05. The van der Waals surface area contributed by atoms with Crippen LogP contribution in [0.5, 0.6) is 0 Å². The Morgan fingerprint density at radius 3 is 2.27 bits per heavy atom. The van der Waals surface area contributed by atoms with Gasteiger partial charge in [-0.1, -0.05) is 44.2 Å². The quantitative estimate of drug-likeness (QED) is 0.434. The van der Waals surface area contributed by atoms with Crippen LogP contribution in [0.25, 0.3) is 0 Å². The van der Waals surface area contributed by atoms with Gasteiger partial charge in [0.15, 0.2) is 5.60 Å². The van der Waals surface area contributed by atoms with Gasteiger partial charge in [-0.05, 0) is 18.5 Å². The summed E-state index contributed by atoms with van der Waals surface area (Å²) in [5.74, 6) is -2.12. The smallest absolute Gasteiger partial charge is 0.337 e. The van der Waals surface area contributed by atoms with E-state index in [1.807, 2.05) is 6.07 Å². The Kier molecular flexibility index (Phi) is 9.41. The van der Waals surface area contributed by atoms with Crippen LogP contribution in [-0.4, -0.2) is 68.9 Å². The van der Waals surface area contributed by atoms with E-state index < -0.39 is 46.0 Å². The van der Waals surface area contributed by atoms with Crippen molar-refractivity contribution in [3.05, 3.63) is 35.9 Å². The average Bonchev–Trinajstić information content (AvgIpc) is 2.68. The van der Waals surface area contributed by atoms with Crippen LogP contribution in [0, 0.1) is 5.41 Å². The fraction of sp³-hybridized carbons (Fsp3) is 0.600. The molecule has 0 aliphatic heterocycles. The average molecular weight is 445 g/mol. The maximum Gasteiger partial charge on any atom is 0.337 e. The molecule has 0 saturated heterocycles. The Morgan fingerprint density at radius 2 is 1.77 bits per heavy atom. The zero-order valence-electron chi connectivity index (χ0n) is 18.0. The first-order chi connectivity index (χ1) is 13.9. The van der Waals surface area contributed by atoms with Crippen molar-refractivity contribution in [3.8, 4) is 0 Å². The molecule has 1 aromatic rings. The number of benzene rings is 1. The van der Waals surface area contributed by atoms with Crippen molar-refractivity contribution in [2.45, 2.75) is 38.9 Å². The maximum absolute atomic E-state index is 12.5. The molecule has 0 fully saturated rings. The number of ether oxygens (including phenoxy) is 1. The van der Waals surface area contributed by atoms with Crippen LogP contribution in [0.4, 0.5) is 0 Å². The van der Waals surface area contributed by atoms with E-state index in [-0.39, 0.29) is 25.3 Å². The van der Waals surface area contributed by atoms with Crippen molar-refractivity contribution in [2.24, 2.45) is 11.1 Å². The summed E-state index contributed by atoms with van der Waals surface area (Å²) in [5, 5.41) is 10.1. The number of hydrogen-bond acceptors (Lipinski definition) is 7. The highest BCUT2D eigenvalue weighted by atomic mass is 32.2. The first-order valence-corrected chi connectivity index (χ1v) is 11.1. The fourth-order valence-electron chi connectivity index (χ4n) is 2.74. The number of nitrogens with zero attached hydrogens (tertiary/aromatic N) is 1. The lowest BCUT2D eigenvalue weighted by molar-refractivity contribution is -0.196. The van der Waals surface area contributed by atoms with E-state index in [2.05, 4.69) is 0 Å². The van der Waals surface area contributed by atoms with Crippen LogP contribution in [0.3, 0.4) is 0 Å². The van der Waals surface area contributed by atoms with Crippen molar-refractivity contribution in [3.63, 3.8) is 0 Å². The van der Waals surface area contributed by atoms with Crippen LogP contribution in [-0.2, 0) is 35.2 Å². The number of carboxylic acid groups (broad SMARTS) is 1. The van der Waals surface area contributed by atoms with Gasteiger partial charge in [-0.2, -0.15) is 8.42 Å². The number of hydrogen-bond donors (Lipinski definition) is 2. The van der Waals surface area contributed by atoms with Crippen molar-refractivity contribution < 1.29 is 32.0 Å². The largest absolute Gasteiger partial charge is 0.479 e. The lowest BCUT2D eigenvalue weighted by Gasteiger charge is -2.42. The SMILES string of the molecule is CN(C)C(=O)C[C@@](OCc1ccccc1)(C(=O)O)C(C)(C)COS(=O)(=O)CCCN. The highest BCUT2D eigenvalue weighted by Crippen LogP contribution is 2.39. The van der Waals surface area contributed by atoms with E-state index >= 15 is 0 Å². The third-order valence-corrected chi connectivity index (χ3v) is 6.13. The zero-order chi connectivity index (χ0) is 23.0. The molecule has 0 radical (unpaired) electrons. The Labute approximate surface area is 178 Å². The van der Waals surface area contributed by atoms with E-state index in [4.69, 9.17) is 14.7 Å². The van der Waals surface area contributed by atoms with Crippen molar-refractivity contribution >= 4 is 22.0 Å². The molecule has 0 unspecified atom stereocenters. The van der Waals surface area contributed by atoms with E-state index in [1.54, 1.807) is 24.3 Å². The Hall–Kier alpha value is -2.01. The van der Waals surface area contributed by atoms with Crippen molar-refractivity contribution in [2.75, 3.05) is 33.0 Å². The second-order valence-corrected chi connectivity index (χ2v) is 9.68. The predicted octanol–water partition coefficient (Wildman–Crippen LogP) is 1.23. The second-order valence-electron chi connectivity index (χ2n) is 7.92. The molecule has 0 heterocycles. The van der Waals surface area contributed by atoms with Gasteiger partial charge in [0.2, 0.25) is 5.91 Å². The highest BCUT2D eigenvalue weighted by Gasteiger charge is 2.55. The summed E-state index contributed by atoms with van der Waals surface area (Å²) in [6, 6.07) is 8.91. The van der Waals surface area contributed by atoms with Gasteiger partial charge < -0.3 is 20.5 Å². The number of nitrogens with two attached hydrogens (primary N) is 1. The number of rotatable bonds is 13. The van der Waals surface area contributed by atoms with Gasteiger partial charge in [0.1, 0.15) is 0 Å². The molecular weight excluding hydrogens is 412 g/mol. The van der Waals surface area contributed by atoms with Crippen molar-refractivity contribution in [1.82, 2.24) is 4.90 Å². The number of carboxylic acids is 1. The van der Waals surface area contributed by atoms with E-state index in [0.29, 0.717) is 5.56 Å². The lowest BCUT2D eigenvalue weighted by atomic mass is 9.72. The van der Waals surface area contributed by atoms with Gasteiger partial charge in [0, 0.05) is 19.5 Å². The summed E-state index contributed by atoms with van der Waals surface area (Å²) >= 11 is 0. The topological polar surface area (TPSA) is 136 Å². The molecule has 0 aromatic heterocycles. The molecule has 1 atom stereocenters. The summed E-state index contributed by atoms with van der Waals surface area (Å²) in [5.41, 5.74) is 2.67. The first-order valence-electron chi connectivity index (χ1n) is 9.55. The number of amides is 1. The summed E-state index contributed by atoms with van der Waals surface area (Å²) in [6.45, 7) is 2.66. The molecule has 10 heteroatoms. The molecule has 1 rings (SSSR count). The Morgan fingerprint density at radius 1 is 1.17 bits per heavy atom. The molecule has 170 valence electrons. The monoisotopic (exact) mass is 444 g/mol. The van der Waals surface area contributed by atoms with Crippen LogP contribution in [0.15, 0.2) is 30.3 Å². The first kappa shape index (κ1) is 26.0. The van der Waals surface area contributed by atoms with Gasteiger partial charge in [-0.3, -0.25) is 8.98 Å². The molecule has 0 aliphatic carbocycles. The molecule has 0 aliphatic rings. The minimum atomic E-state index is -3.90. The standard InChI is InChI=1S/C20H32N2O7S/c1-19(2,15-29-30(26,27)12-8-11-21)20(18(24)25,13-17(23)22(3)4)28-14-16-9-6-5-7-10-16/h5-7,9-10H,8,11-15,21H2,1-4H3,(H,24,25)/t20-/m1/s1. The van der Waals surface area contributed by atoms with E-state index in [9.17, 15) is 23.1 Å². The van der Waals surface area contributed by atoms with Gasteiger partial charge in [0.05, 0.1) is 25.4 Å². The molecule has 3 N–H and O–H groups in total. The zero-order valence-corrected chi connectivity index (χ0v) is 18.8. The lowest BCUT2D eigenvalue weighted by Crippen LogP contribution is -2.57. The molecule has 0 spiro atoms. The predicted molar refractivity (Wildman–Crippen MR) is 112 cm³/mol. The number of carbonyl (C=O) groups is 2. The summed E-state index contributed by atoms with van der Waals surface area (Å²) in [4.78, 5) is 26.2. The van der Waals surface area contributed by atoms with Crippen LogP contribution in [0.2, 0.25) is 0 Å². The second kappa shape index (κ2) is 10.9. The maximum atomic E-state index is 12.5. The van der Waals surface area contributed by atoms with Crippen molar-refractivity contribution in [1.29, 1.82) is 0 Å².